The number of carbonyl (C=O) groups is 1. The van der Waals surface area contributed by atoms with Gasteiger partial charge in [0, 0.05) is 25.5 Å². The Morgan fingerprint density at radius 2 is 2.36 bits per heavy atom. The Kier molecular flexibility index (Phi) is 2.25. The van der Waals surface area contributed by atoms with Gasteiger partial charge in [0.15, 0.2) is 0 Å². The van der Waals surface area contributed by atoms with E-state index in [1.54, 1.807) is 35.0 Å². The normalized spacial score (nSPS) is 19.1. The van der Waals surface area contributed by atoms with Gasteiger partial charge in [0.2, 0.25) is 5.91 Å². The first-order valence-electron chi connectivity index (χ1n) is 4.64. The summed E-state index contributed by atoms with van der Waals surface area (Å²) in [6.07, 6.45) is 3.07. The van der Waals surface area contributed by atoms with Crippen molar-refractivity contribution in [2.75, 3.05) is 13.1 Å². The summed E-state index contributed by atoms with van der Waals surface area (Å²) in [5, 5.41) is 13.1. The number of aliphatic hydroxyl groups is 1. The van der Waals surface area contributed by atoms with Gasteiger partial charge in [-0.3, -0.25) is 9.48 Å². The highest BCUT2D eigenvalue weighted by molar-refractivity contribution is 5.80. The lowest BCUT2D eigenvalue weighted by Gasteiger charge is -2.37. The van der Waals surface area contributed by atoms with Gasteiger partial charge in [0.05, 0.1) is 6.10 Å². The van der Waals surface area contributed by atoms with Crippen LogP contribution in [0.4, 0.5) is 0 Å². The predicted octanol–water partition coefficient (Wildman–Crippen LogP) is -0.353. The molecule has 1 aliphatic rings. The predicted molar refractivity (Wildman–Crippen MR) is 49.5 cm³/mol. The lowest BCUT2D eigenvalue weighted by Crippen LogP contribution is -2.55. The molecule has 1 saturated heterocycles. The molecular weight excluding hydrogens is 182 g/mol. The summed E-state index contributed by atoms with van der Waals surface area (Å²) >= 11 is 0. The van der Waals surface area contributed by atoms with Gasteiger partial charge in [-0.15, -0.1) is 0 Å². The Hall–Kier alpha value is -1.36. The van der Waals surface area contributed by atoms with Gasteiger partial charge in [-0.05, 0) is 13.0 Å². The summed E-state index contributed by atoms with van der Waals surface area (Å²) in [6, 6.07) is 1.51. The topological polar surface area (TPSA) is 58.4 Å². The lowest BCUT2D eigenvalue weighted by molar-refractivity contribution is -0.144. The molecule has 0 bridgehead atoms. The molecule has 1 aliphatic heterocycles. The fraction of sp³-hybridized carbons (Fsp3) is 0.556. The molecule has 1 amide bonds. The molecule has 0 spiro atoms. The van der Waals surface area contributed by atoms with E-state index >= 15 is 0 Å². The molecule has 0 aromatic carbocycles. The lowest BCUT2D eigenvalue weighted by atomic mass is 10.1. The van der Waals surface area contributed by atoms with E-state index in [9.17, 15) is 4.79 Å². The highest BCUT2D eigenvalue weighted by atomic mass is 16.3. The Balaban J connectivity index is 1.99. The maximum atomic E-state index is 11.7. The molecule has 1 aromatic heterocycles. The van der Waals surface area contributed by atoms with Crippen LogP contribution in [0.15, 0.2) is 18.5 Å². The van der Waals surface area contributed by atoms with Gasteiger partial charge in [-0.1, -0.05) is 0 Å². The second kappa shape index (κ2) is 3.42. The van der Waals surface area contributed by atoms with E-state index < -0.39 is 0 Å². The second-order valence-corrected chi connectivity index (χ2v) is 3.56. The van der Waals surface area contributed by atoms with Crippen molar-refractivity contribution in [3.63, 3.8) is 0 Å². The van der Waals surface area contributed by atoms with E-state index in [-0.39, 0.29) is 18.1 Å². The van der Waals surface area contributed by atoms with Gasteiger partial charge in [0.25, 0.3) is 0 Å². The van der Waals surface area contributed by atoms with Crippen LogP contribution in [0.5, 0.6) is 0 Å². The van der Waals surface area contributed by atoms with Crippen LogP contribution in [-0.4, -0.2) is 44.9 Å². The van der Waals surface area contributed by atoms with Crippen LogP contribution < -0.4 is 0 Å². The van der Waals surface area contributed by atoms with E-state index in [0.29, 0.717) is 13.1 Å². The largest absolute Gasteiger partial charge is 0.389 e. The first-order chi connectivity index (χ1) is 6.68. The van der Waals surface area contributed by atoms with Crippen LogP contribution in [0.3, 0.4) is 0 Å². The number of hydrogen-bond donors (Lipinski definition) is 1. The zero-order valence-electron chi connectivity index (χ0n) is 8.00. The number of amides is 1. The second-order valence-electron chi connectivity index (χ2n) is 3.56. The maximum Gasteiger partial charge on any atom is 0.247 e. The summed E-state index contributed by atoms with van der Waals surface area (Å²) in [4.78, 5) is 13.4. The maximum absolute atomic E-state index is 11.7. The number of aliphatic hydroxyl groups excluding tert-OH is 1. The Bertz CT molecular complexity index is 317. The van der Waals surface area contributed by atoms with E-state index in [0.717, 1.165) is 0 Å². The van der Waals surface area contributed by atoms with Crippen LogP contribution in [0, 0.1) is 0 Å². The average molecular weight is 195 g/mol. The van der Waals surface area contributed by atoms with E-state index in [1.807, 2.05) is 0 Å². The van der Waals surface area contributed by atoms with Crippen molar-refractivity contribution in [3.8, 4) is 0 Å². The molecule has 1 fully saturated rings. The molecule has 14 heavy (non-hydrogen) atoms. The summed E-state index contributed by atoms with van der Waals surface area (Å²) in [6.45, 7) is 2.70. The number of β-amino-alcohol motifs (C(OH)–C–C–N with tert-alkyl or cyclic N) is 1. The van der Waals surface area contributed by atoms with Crippen molar-refractivity contribution in [1.29, 1.82) is 0 Å². The minimum absolute atomic E-state index is 0.0130. The molecule has 2 rings (SSSR count). The zero-order valence-corrected chi connectivity index (χ0v) is 8.00. The SMILES string of the molecule is C[C@H](C(=O)N1CC(O)C1)n1cccn1. The molecule has 76 valence electrons. The Morgan fingerprint density at radius 1 is 1.64 bits per heavy atom. The summed E-state index contributed by atoms with van der Waals surface area (Å²) in [5.74, 6) is 0.0130. The van der Waals surface area contributed by atoms with Gasteiger partial charge >= 0.3 is 0 Å². The standard InChI is InChI=1S/C9H13N3O2/c1-7(12-4-2-3-10-12)9(14)11-5-8(13)6-11/h2-4,7-8,13H,5-6H2,1H3/t7-/m1/s1. The molecule has 1 atom stereocenters. The number of rotatable bonds is 2. The van der Waals surface area contributed by atoms with Crippen molar-refractivity contribution in [2.24, 2.45) is 0 Å². The third-order valence-corrected chi connectivity index (χ3v) is 2.45. The molecule has 2 heterocycles. The molecule has 0 saturated carbocycles. The Labute approximate surface area is 81.9 Å². The van der Waals surface area contributed by atoms with Crippen molar-refractivity contribution in [1.82, 2.24) is 14.7 Å². The zero-order chi connectivity index (χ0) is 10.1. The molecular formula is C9H13N3O2. The van der Waals surface area contributed by atoms with Gasteiger partial charge in [0.1, 0.15) is 6.04 Å². The van der Waals surface area contributed by atoms with Crippen molar-refractivity contribution >= 4 is 5.91 Å². The minimum atomic E-state index is -0.344. The van der Waals surface area contributed by atoms with E-state index in [1.165, 1.54) is 0 Å². The molecule has 0 aliphatic carbocycles. The first-order valence-corrected chi connectivity index (χ1v) is 4.64. The third-order valence-electron chi connectivity index (χ3n) is 2.45. The molecule has 0 radical (unpaired) electrons. The molecule has 1 N–H and O–H groups in total. The first kappa shape index (κ1) is 9.21. The van der Waals surface area contributed by atoms with E-state index in [4.69, 9.17) is 5.11 Å². The molecule has 1 aromatic rings. The Morgan fingerprint density at radius 3 is 2.86 bits per heavy atom. The summed E-state index contributed by atoms with van der Waals surface area (Å²) in [7, 11) is 0. The van der Waals surface area contributed by atoms with Crippen LogP contribution in [0.2, 0.25) is 0 Å². The van der Waals surface area contributed by atoms with Crippen LogP contribution in [-0.2, 0) is 4.79 Å². The molecule has 5 nitrogen and oxygen atoms in total. The van der Waals surface area contributed by atoms with Crippen LogP contribution in [0.1, 0.15) is 13.0 Å². The van der Waals surface area contributed by atoms with Gasteiger partial charge in [-0.2, -0.15) is 5.10 Å². The highest BCUT2D eigenvalue weighted by Crippen LogP contribution is 2.14. The fourth-order valence-corrected chi connectivity index (χ4v) is 1.52. The fourth-order valence-electron chi connectivity index (χ4n) is 1.52. The summed E-state index contributed by atoms with van der Waals surface area (Å²) in [5.41, 5.74) is 0. The minimum Gasteiger partial charge on any atom is -0.389 e. The quantitative estimate of drug-likeness (QED) is 0.701. The smallest absolute Gasteiger partial charge is 0.247 e. The number of hydrogen-bond acceptors (Lipinski definition) is 3. The van der Waals surface area contributed by atoms with Crippen molar-refractivity contribution in [3.05, 3.63) is 18.5 Å². The molecule has 0 unspecified atom stereocenters. The van der Waals surface area contributed by atoms with Crippen molar-refractivity contribution in [2.45, 2.75) is 19.1 Å². The van der Waals surface area contributed by atoms with E-state index in [2.05, 4.69) is 5.10 Å². The number of likely N-dealkylation sites (tertiary alicyclic amines) is 1. The monoisotopic (exact) mass is 195 g/mol. The number of carbonyl (C=O) groups excluding carboxylic acids is 1. The average Bonchev–Trinajstić information content (AvgIpc) is 2.63. The van der Waals surface area contributed by atoms with Crippen molar-refractivity contribution < 1.29 is 9.90 Å². The van der Waals surface area contributed by atoms with Crippen LogP contribution in [0.25, 0.3) is 0 Å². The highest BCUT2D eigenvalue weighted by Gasteiger charge is 2.32. The molecule has 5 heteroatoms. The number of aromatic nitrogens is 2. The third kappa shape index (κ3) is 1.50. The van der Waals surface area contributed by atoms with Gasteiger partial charge in [-0.25, -0.2) is 0 Å². The number of nitrogens with zero attached hydrogens (tertiary/aromatic N) is 3. The van der Waals surface area contributed by atoms with Gasteiger partial charge < -0.3 is 10.0 Å². The van der Waals surface area contributed by atoms with Crippen LogP contribution >= 0.6 is 0 Å². The summed E-state index contributed by atoms with van der Waals surface area (Å²) < 4.78 is 1.62.